The van der Waals surface area contributed by atoms with Gasteiger partial charge in [-0.3, -0.25) is 19.5 Å². The predicted octanol–water partition coefficient (Wildman–Crippen LogP) is 1.98. The number of nitro benzene ring substituents is 1. The molecule has 0 fully saturated rings. The summed E-state index contributed by atoms with van der Waals surface area (Å²) in [5.41, 5.74) is 0.367. The van der Waals surface area contributed by atoms with Crippen LogP contribution in [0, 0.1) is 10.1 Å². The van der Waals surface area contributed by atoms with Crippen LogP contribution in [0.5, 0.6) is 0 Å². The van der Waals surface area contributed by atoms with Gasteiger partial charge in [-0.2, -0.15) is 0 Å². The van der Waals surface area contributed by atoms with Crippen LogP contribution in [-0.2, 0) is 4.74 Å². The summed E-state index contributed by atoms with van der Waals surface area (Å²) in [5, 5.41) is 11.1. The van der Waals surface area contributed by atoms with E-state index in [1.165, 1.54) is 31.5 Å². The average Bonchev–Trinajstić information content (AvgIpc) is 2.75. The highest BCUT2D eigenvalue weighted by Crippen LogP contribution is 2.25. The molecule has 2 aromatic rings. The third kappa shape index (κ3) is 1.71. The Bertz CT molecular complexity index is 659. The minimum Gasteiger partial charge on any atom is -0.452 e. The molecular weight excluding hydrogens is 240 g/mol. The van der Waals surface area contributed by atoms with Gasteiger partial charge in [-0.25, -0.2) is 4.79 Å². The number of fused-ring (bicyclic) bond motifs is 1. The number of rotatable bonds is 2. The number of non-ortho nitro benzene ring substituents is 1. The van der Waals surface area contributed by atoms with E-state index < -0.39 is 11.0 Å². The molecule has 7 heteroatoms. The Labute approximate surface area is 101 Å². The Morgan fingerprint density at radius 3 is 2.78 bits per heavy atom. The number of aromatic nitrogens is 1. The van der Waals surface area contributed by atoms with Gasteiger partial charge in [-0.1, -0.05) is 0 Å². The second-order valence-electron chi connectivity index (χ2n) is 3.50. The Kier molecular flexibility index (Phi) is 2.80. The smallest absolute Gasteiger partial charge is 0.418 e. The molecule has 0 radical (unpaired) electrons. The van der Waals surface area contributed by atoms with Gasteiger partial charge in [-0.15, -0.1) is 0 Å². The quantitative estimate of drug-likeness (QED) is 0.460. The molecule has 0 N–H and O–H groups in total. The summed E-state index contributed by atoms with van der Waals surface area (Å²) in [6.07, 6.45) is 1.15. The van der Waals surface area contributed by atoms with Gasteiger partial charge in [0.15, 0.2) is 6.29 Å². The van der Waals surface area contributed by atoms with Crippen molar-refractivity contribution in [3.05, 3.63) is 40.1 Å². The number of carbonyl (C=O) groups excluding carboxylic acids is 2. The fraction of sp³-hybridized carbons (Fsp3) is 0.0909. The first kappa shape index (κ1) is 11.8. The Morgan fingerprint density at radius 1 is 1.50 bits per heavy atom. The first-order valence-corrected chi connectivity index (χ1v) is 4.91. The molecule has 2 rings (SSSR count). The largest absolute Gasteiger partial charge is 0.452 e. The van der Waals surface area contributed by atoms with Crippen LogP contribution in [0.4, 0.5) is 10.5 Å². The zero-order valence-corrected chi connectivity index (χ0v) is 9.32. The van der Waals surface area contributed by atoms with E-state index in [0.717, 1.165) is 4.57 Å². The van der Waals surface area contributed by atoms with E-state index in [0.29, 0.717) is 11.7 Å². The SMILES string of the molecule is COC(=O)n1cc(C=O)c2ccc([N+](=O)[O-])cc21. The van der Waals surface area contributed by atoms with Crippen molar-refractivity contribution in [3.63, 3.8) is 0 Å². The van der Waals surface area contributed by atoms with Crippen LogP contribution in [-0.4, -0.2) is 29.0 Å². The lowest BCUT2D eigenvalue weighted by molar-refractivity contribution is -0.384. The van der Waals surface area contributed by atoms with Gasteiger partial charge in [0.1, 0.15) is 0 Å². The fourth-order valence-corrected chi connectivity index (χ4v) is 1.70. The lowest BCUT2D eigenvalue weighted by Crippen LogP contribution is -2.09. The summed E-state index contributed by atoms with van der Waals surface area (Å²) in [6, 6.07) is 3.92. The Morgan fingerprint density at radius 2 is 2.22 bits per heavy atom. The Hall–Kier alpha value is -2.70. The highest BCUT2D eigenvalue weighted by Gasteiger charge is 2.16. The molecule has 0 aliphatic heterocycles. The van der Waals surface area contributed by atoms with Crippen LogP contribution < -0.4 is 0 Å². The first-order valence-electron chi connectivity index (χ1n) is 4.91. The molecule has 1 heterocycles. The number of benzene rings is 1. The molecule has 0 amide bonds. The number of carbonyl (C=O) groups is 2. The molecule has 0 bridgehead atoms. The molecule has 0 aliphatic carbocycles. The predicted molar refractivity (Wildman–Crippen MR) is 61.8 cm³/mol. The van der Waals surface area contributed by atoms with Crippen molar-refractivity contribution in [1.29, 1.82) is 0 Å². The van der Waals surface area contributed by atoms with Crippen molar-refractivity contribution in [2.24, 2.45) is 0 Å². The van der Waals surface area contributed by atoms with Gasteiger partial charge in [0.05, 0.1) is 17.5 Å². The highest BCUT2D eigenvalue weighted by atomic mass is 16.6. The van der Waals surface area contributed by atoms with Crippen LogP contribution in [0.25, 0.3) is 10.9 Å². The number of aldehydes is 1. The van der Waals surface area contributed by atoms with Gasteiger partial charge in [0.2, 0.25) is 0 Å². The maximum atomic E-state index is 11.5. The summed E-state index contributed by atoms with van der Waals surface area (Å²) in [5.74, 6) is 0. The van der Waals surface area contributed by atoms with E-state index in [9.17, 15) is 19.7 Å². The van der Waals surface area contributed by atoms with Gasteiger partial charge >= 0.3 is 6.09 Å². The van der Waals surface area contributed by atoms with Crippen LogP contribution in [0.1, 0.15) is 10.4 Å². The van der Waals surface area contributed by atoms with Crippen molar-refractivity contribution in [1.82, 2.24) is 4.57 Å². The van der Waals surface area contributed by atoms with E-state index >= 15 is 0 Å². The molecule has 7 nitrogen and oxygen atoms in total. The third-order valence-corrected chi connectivity index (χ3v) is 2.53. The average molecular weight is 248 g/mol. The van der Waals surface area contributed by atoms with E-state index in [-0.39, 0.29) is 16.8 Å². The molecule has 18 heavy (non-hydrogen) atoms. The summed E-state index contributed by atoms with van der Waals surface area (Å²) < 4.78 is 5.60. The third-order valence-electron chi connectivity index (χ3n) is 2.53. The minimum atomic E-state index is -0.714. The van der Waals surface area contributed by atoms with Crippen LogP contribution in [0.2, 0.25) is 0 Å². The molecule has 0 spiro atoms. The molecule has 1 aromatic heterocycles. The molecule has 0 saturated carbocycles. The van der Waals surface area contributed by atoms with Crippen LogP contribution >= 0.6 is 0 Å². The molecule has 92 valence electrons. The van der Waals surface area contributed by atoms with Crippen LogP contribution in [0.15, 0.2) is 24.4 Å². The summed E-state index contributed by atoms with van der Waals surface area (Å²) in [6.45, 7) is 0. The number of hydrogen-bond acceptors (Lipinski definition) is 5. The number of methoxy groups -OCH3 is 1. The number of ether oxygens (including phenoxy) is 1. The van der Waals surface area contributed by atoms with E-state index in [1.807, 2.05) is 0 Å². The van der Waals surface area contributed by atoms with Crippen molar-refractivity contribution >= 4 is 29.0 Å². The molecule has 0 saturated heterocycles. The highest BCUT2D eigenvalue weighted by molar-refractivity contribution is 6.02. The van der Waals surface area contributed by atoms with Gasteiger partial charge in [0, 0.05) is 29.3 Å². The summed E-state index contributed by atoms with van der Waals surface area (Å²) in [4.78, 5) is 32.5. The minimum absolute atomic E-state index is 0.164. The lowest BCUT2D eigenvalue weighted by Gasteiger charge is -2.01. The molecule has 0 atom stereocenters. The first-order chi connectivity index (χ1) is 8.58. The second kappa shape index (κ2) is 4.28. The topological polar surface area (TPSA) is 91.4 Å². The summed E-state index contributed by atoms with van der Waals surface area (Å²) in [7, 11) is 1.19. The zero-order valence-electron chi connectivity index (χ0n) is 9.32. The molecule has 0 aliphatic rings. The standard InChI is InChI=1S/C11H8N2O5/c1-18-11(15)12-5-7(6-14)9-3-2-8(13(16)17)4-10(9)12/h2-6H,1H3. The summed E-state index contributed by atoms with van der Waals surface area (Å²) >= 11 is 0. The van der Waals surface area contributed by atoms with Crippen molar-refractivity contribution in [3.8, 4) is 0 Å². The Balaban J connectivity index is 2.77. The molecule has 0 unspecified atom stereocenters. The lowest BCUT2D eigenvalue weighted by atomic mass is 10.2. The molecule has 1 aromatic carbocycles. The van der Waals surface area contributed by atoms with Gasteiger partial charge in [-0.05, 0) is 6.07 Å². The van der Waals surface area contributed by atoms with E-state index in [4.69, 9.17) is 0 Å². The second-order valence-corrected chi connectivity index (χ2v) is 3.50. The number of nitro groups is 1. The maximum Gasteiger partial charge on any atom is 0.418 e. The number of nitrogens with zero attached hydrogens (tertiary/aromatic N) is 2. The monoisotopic (exact) mass is 248 g/mol. The van der Waals surface area contributed by atoms with Gasteiger partial charge < -0.3 is 4.74 Å². The van der Waals surface area contributed by atoms with Gasteiger partial charge in [0.25, 0.3) is 5.69 Å². The van der Waals surface area contributed by atoms with Crippen molar-refractivity contribution < 1.29 is 19.2 Å². The maximum absolute atomic E-state index is 11.5. The normalized spacial score (nSPS) is 10.3. The van der Waals surface area contributed by atoms with E-state index in [2.05, 4.69) is 4.74 Å². The van der Waals surface area contributed by atoms with Crippen molar-refractivity contribution in [2.75, 3.05) is 7.11 Å². The van der Waals surface area contributed by atoms with Crippen molar-refractivity contribution in [2.45, 2.75) is 0 Å². The fourth-order valence-electron chi connectivity index (χ4n) is 1.70. The molecular formula is C11H8N2O5. The van der Waals surface area contributed by atoms with E-state index in [1.54, 1.807) is 0 Å². The van der Waals surface area contributed by atoms with Crippen LogP contribution in [0.3, 0.4) is 0 Å². The zero-order chi connectivity index (χ0) is 13.3. The number of hydrogen-bond donors (Lipinski definition) is 0.